The molecule has 2 aromatic rings. The summed E-state index contributed by atoms with van der Waals surface area (Å²) in [5.74, 6) is 0.417. The molecule has 0 bridgehead atoms. The van der Waals surface area contributed by atoms with Gasteiger partial charge in [-0.2, -0.15) is 0 Å². The van der Waals surface area contributed by atoms with E-state index in [9.17, 15) is 9.18 Å². The van der Waals surface area contributed by atoms with E-state index >= 15 is 0 Å². The van der Waals surface area contributed by atoms with Crippen LogP contribution in [0.4, 0.5) is 26.5 Å². The number of nitrogen functional groups attached to an aromatic ring is 1. The van der Waals surface area contributed by atoms with Gasteiger partial charge in [0.15, 0.2) is 0 Å². The minimum Gasteiger partial charge on any atom is -0.450 e. The number of hydrogen-bond donors (Lipinski definition) is 3. The molecule has 0 aliphatic heterocycles. The van der Waals surface area contributed by atoms with Crippen LogP contribution in [0.25, 0.3) is 0 Å². The molecule has 0 saturated carbocycles. The monoisotopic (exact) mass is 318 g/mol. The van der Waals surface area contributed by atoms with Crippen LogP contribution >= 0.6 is 0 Å². The van der Waals surface area contributed by atoms with E-state index in [1.54, 1.807) is 19.1 Å². The van der Waals surface area contributed by atoms with Gasteiger partial charge in [0.2, 0.25) is 0 Å². The van der Waals surface area contributed by atoms with Crippen molar-refractivity contribution in [2.45, 2.75) is 20.4 Å². The molecule has 2 rings (SSSR count). The zero-order valence-electron chi connectivity index (χ0n) is 13.0. The fourth-order valence-corrected chi connectivity index (χ4v) is 2.06. The molecule has 0 radical (unpaired) electrons. The van der Waals surface area contributed by atoms with Crippen LogP contribution in [0.15, 0.2) is 30.3 Å². The quantitative estimate of drug-likeness (QED) is 0.787. The number of nitrogens with one attached hydrogen (secondary N) is 2. The van der Waals surface area contributed by atoms with Gasteiger partial charge in [-0.05, 0) is 49.2 Å². The van der Waals surface area contributed by atoms with E-state index in [1.165, 1.54) is 12.1 Å². The highest BCUT2D eigenvalue weighted by molar-refractivity contribution is 5.88. The molecule has 1 aromatic carbocycles. The lowest BCUT2D eigenvalue weighted by Gasteiger charge is -2.11. The summed E-state index contributed by atoms with van der Waals surface area (Å²) in [6, 6.07) is 8.11. The van der Waals surface area contributed by atoms with Crippen molar-refractivity contribution in [3.63, 3.8) is 0 Å². The molecule has 0 fully saturated rings. The van der Waals surface area contributed by atoms with Gasteiger partial charge in [0.05, 0.1) is 12.3 Å². The second-order valence-corrected chi connectivity index (χ2v) is 4.97. The van der Waals surface area contributed by atoms with Crippen LogP contribution in [0.3, 0.4) is 0 Å². The van der Waals surface area contributed by atoms with Crippen LogP contribution in [0.1, 0.15) is 18.1 Å². The molecule has 23 heavy (non-hydrogen) atoms. The first kappa shape index (κ1) is 16.5. The normalized spacial score (nSPS) is 10.2. The Bertz CT molecular complexity index is 686. The van der Waals surface area contributed by atoms with Crippen molar-refractivity contribution in [2.75, 3.05) is 23.0 Å². The van der Waals surface area contributed by atoms with Crippen molar-refractivity contribution < 1.29 is 13.9 Å². The number of carbonyl (C=O) groups is 1. The van der Waals surface area contributed by atoms with E-state index in [4.69, 9.17) is 10.5 Å². The Hall–Kier alpha value is -2.83. The molecule has 0 spiro atoms. The van der Waals surface area contributed by atoms with E-state index in [2.05, 4.69) is 15.6 Å². The first-order valence-electron chi connectivity index (χ1n) is 7.18. The van der Waals surface area contributed by atoms with Crippen LogP contribution in [-0.2, 0) is 11.3 Å². The number of carbonyl (C=O) groups excluding carboxylic acids is 1. The summed E-state index contributed by atoms with van der Waals surface area (Å²) < 4.78 is 18.1. The van der Waals surface area contributed by atoms with Crippen LogP contribution in [0, 0.1) is 12.7 Å². The SMILES string of the molecule is CCOC(=O)Nc1ccc(NCc2cc(C)cc(F)c2)nc1N. The summed E-state index contributed by atoms with van der Waals surface area (Å²) >= 11 is 0. The van der Waals surface area contributed by atoms with Crippen LogP contribution in [-0.4, -0.2) is 17.7 Å². The summed E-state index contributed by atoms with van der Waals surface area (Å²) in [7, 11) is 0. The van der Waals surface area contributed by atoms with E-state index in [0.717, 1.165) is 11.1 Å². The molecular formula is C16H19FN4O2. The molecule has 1 heterocycles. The summed E-state index contributed by atoms with van der Waals surface area (Å²) in [6.07, 6.45) is -0.586. The van der Waals surface area contributed by atoms with Crippen molar-refractivity contribution in [2.24, 2.45) is 0 Å². The Balaban J connectivity index is 2.01. The van der Waals surface area contributed by atoms with Gasteiger partial charge in [0, 0.05) is 6.54 Å². The third-order valence-corrected chi connectivity index (χ3v) is 3.01. The molecule has 0 aliphatic rings. The number of aryl methyl sites for hydroxylation is 1. The number of amides is 1. The van der Waals surface area contributed by atoms with Crippen molar-refractivity contribution in [1.82, 2.24) is 4.98 Å². The van der Waals surface area contributed by atoms with Gasteiger partial charge < -0.3 is 15.8 Å². The molecule has 0 saturated heterocycles. The zero-order chi connectivity index (χ0) is 16.8. The van der Waals surface area contributed by atoms with E-state index in [-0.39, 0.29) is 18.2 Å². The first-order valence-corrected chi connectivity index (χ1v) is 7.18. The minimum absolute atomic E-state index is 0.165. The molecule has 0 atom stereocenters. The Morgan fingerprint density at radius 1 is 1.35 bits per heavy atom. The number of hydrogen-bond acceptors (Lipinski definition) is 5. The third-order valence-electron chi connectivity index (χ3n) is 3.01. The predicted molar refractivity (Wildman–Crippen MR) is 87.8 cm³/mol. The maximum atomic E-state index is 13.3. The number of nitrogens with zero attached hydrogens (tertiary/aromatic N) is 1. The number of aromatic nitrogens is 1. The van der Waals surface area contributed by atoms with Gasteiger partial charge in [0.25, 0.3) is 0 Å². The molecule has 122 valence electrons. The summed E-state index contributed by atoms with van der Waals surface area (Å²) in [5, 5.41) is 5.56. The maximum Gasteiger partial charge on any atom is 0.411 e. The fourth-order valence-electron chi connectivity index (χ4n) is 2.06. The average molecular weight is 318 g/mol. The molecule has 1 aromatic heterocycles. The standard InChI is InChI=1S/C16H19FN4O2/c1-3-23-16(22)20-13-4-5-14(21-15(13)18)19-9-11-6-10(2)7-12(17)8-11/h4-8H,3,9H2,1-2H3,(H,20,22)(H3,18,19,21). The molecular weight excluding hydrogens is 299 g/mol. The van der Waals surface area contributed by atoms with Crippen molar-refractivity contribution >= 4 is 23.4 Å². The number of pyridine rings is 1. The molecule has 6 nitrogen and oxygen atoms in total. The lowest BCUT2D eigenvalue weighted by molar-refractivity contribution is 0.168. The fraction of sp³-hybridized carbons (Fsp3) is 0.250. The predicted octanol–water partition coefficient (Wildman–Crippen LogP) is 3.29. The number of ether oxygens (including phenoxy) is 1. The van der Waals surface area contributed by atoms with Crippen LogP contribution < -0.4 is 16.4 Å². The number of nitrogens with two attached hydrogens (primary N) is 1. The van der Waals surface area contributed by atoms with Gasteiger partial charge in [-0.3, -0.25) is 5.32 Å². The second-order valence-electron chi connectivity index (χ2n) is 4.97. The Kier molecular flexibility index (Phi) is 5.35. The highest BCUT2D eigenvalue weighted by Gasteiger charge is 2.07. The van der Waals surface area contributed by atoms with Gasteiger partial charge in [-0.25, -0.2) is 14.2 Å². The summed E-state index contributed by atoms with van der Waals surface area (Å²) in [6.45, 7) is 4.22. The van der Waals surface area contributed by atoms with E-state index < -0.39 is 6.09 Å². The number of anilines is 3. The maximum absolute atomic E-state index is 13.3. The van der Waals surface area contributed by atoms with E-state index in [1.807, 2.05) is 13.0 Å². The largest absolute Gasteiger partial charge is 0.450 e. The van der Waals surface area contributed by atoms with Crippen LogP contribution in [0.2, 0.25) is 0 Å². The average Bonchev–Trinajstić information content (AvgIpc) is 2.47. The Labute approximate surface area is 133 Å². The number of halogens is 1. The molecule has 1 amide bonds. The highest BCUT2D eigenvalue weighted by Crippen LogP contribution is 2.19. The number of rotatable bonds is 5. The summed E-state index contributed by atoms with van der Waals surface area (Å²) in [4.78, 5) is 15.5. The van der Waals surface area contributed by atoms with Crippen LogP contribution in [0.5, 0.6) is 0 Å². The third kappa shape index (κ3) is 4.84. The Morgan fingerprint density at radius 2 is 2.13 bits per heavy atom. The molecule has 0 aliphatic carbocycles. The van der Waals surface area contributed by atoms with Crippen molar-refractivity contribution in [1.29, 1.82) is 0 Å². The molecule has 0 unspecified atom stereocenters. The Morgan fingerprint density at radius 3 is 2.78 bits per heavy atom. The van der Waals surface area contributed by atoms with Gasteiger partial charge in [0.1, 0.15) is 17.5 Å². The van der Waals surface area contributed by atoms with Crippen molar-refractivity contribution in [3.05, 3.63) is 47.3 Å². The zero-order valence-corrected chi connectivity index (χ0v) is 13.0. The number of benzene rings is 1. The van der Waals surface area contributed by atoms with Crippen molar-refractivity contribution in [3.8, 4) is 0 Å². The molecule has 7 heteroatoms. The topological polar surface area (TPSA) is 89.3 Å². The van der Waals surface area contributed by atoms with E-state index in [0.29, 0.717) is 18.1 Å². The molecule has 4 N–H and O–H groups in total. The smallest absolute Gasteiger partial charge is 0.411 e. The van der Waals surface area contributed by atoms with Gasteiger partial charge in [-0.1, -0.05) is 6.07 Å². The summed E-state index contributed by atoms with van der Waals surface area (Å²) in [5.41, 5.74) is 7.83. The second kappa shape index (κ2) is 7.44. The lowest BCUT2D eigenvalue weighted by Crippen LogP contribution is -2.15. The van der Waals surface area contributed by atoms with Gasteiger partial charge in [-0.15, -0.1) is 0 Å². The highest BCUT2D eigenvalue weighted by atomic mass is 19.1. The lowest BCUT2D eigenvalue weighted by atomic mass is 10.1. The minimum atomic E-state index is -0.586. The first-order chi connectivity index (χ1) is 11.0. The van der Waals surface area contributed by atoms with Gasteiger partial charge >= 0.3 is 6.09 Å².